The van der Waals surface area contributed by atoms with Crippen molar-refractivity contribution in [3.8, 4) is 17.1 Å². The van der Waals surface area contributed by atoms with Crippen molar-refractivity contribution in [2.45, 2.75) is 13.0 Å². The van der Waals surface area contributed by atoms with Crippen LogP contribution < -0.4 is 9.64 Å². The molecule has 0 spiro atoms. The van der Waals surface area contributed by atoms with E-state index in [1.807, 2.05) is 55.6 Å². The molecule has 1 aliphatic rings. The van der Waals surface area contributed by atoms with Gasteiger partial charge in [0, 0.05) is 13.3 Å². The van der Waals surface area contributed by atoms with Crippen LogP contribution in [-0.4, -0.2) is 41.3 Å². The van der Waals surface area contributed by atoms with Crippen molar-refractivity contribution in [1.29, 1.82) is 0 Å². The van der Waals surface area contributed by atoms with E-state index < -0.39 is 0 Å². The van der Waals surface area contributed by atoms with E-state index in [0.29, 0.717) is 13.2 Å². The Hall–Kier alpha value is -3.38. The number of fused-ring (bicyclic) bond motifs is 2. The van der Waals surface area contributed by atoms with E-state index in [0.717, 1.165) is 45.2 Å². The third-order valence-electron chi connectivity index (χ3n) is 5.19. The molecule has 4 aromatic rings. The summed E-state index contributed by atoms with van der Waals surface area (Å²) in [5.41, 5.74) is 4.97. The molecule has 1 atom stereocenters. The van der Waals surface area contributed by atoms with Crippen LogP contribution >= 0.6 is 0 Å². The van der Waals surface area contributed by atoms with Crippen LogP contribution in [0, 0.1) is 6.92 Å². The van der Waals surface area contributed by atoms with Crippen molar-refractivity contribution in [2.75, 3.05) is 25.2 Å². The predicted molar refractivity (Wildman–Crippen MR) is 114 cm³/mol. The van der Waals surface area contributed by atoms with E-state index >= 15 is 0 Å². The molecule has 0 aliphatic carbocycles. The van der Waals surface area contributed by atoms with Crippen LogP contribution in [0.2, 0.25) is 0 Å². The standard InChI is InChI=1S/C23H22N4O2/c1-15-10-11-21(24-12-15)27-16(13-28-2)14-29-22-17(6-5-9-20(22)27)23-25-18-7-3-4-8-19(18)26-23/h3-12,16H,13-14H2,1-2H3,(H,25,26). The van der Waals surface area contributed by atoms with E-state index in [-0.39, 0.29) is 6.04 Å². The molecule has 1 aliphatic heterocycles. The van der Waals surface area contributed by atoms with Gasteiger partial charge < -0.3 is 19.4 Å². The maximum atomic E-state index is 6.24. The Bertz CT molecular complexity index is 1120. The van der Waals surface area contributed by atoms with Gasteiger partial charge in [-0.2, -0.15) is 0 Å². The molecule has 1 N–H and O–H groups in total. The largest absolute Gasteiger partial charge is 0.488 e. The van der Waals surface area contributed by atoms with E-state index in [1.54, 1.807) is 7.11 Å². The van der Waals surface area contributed by atoms with Crippen molar-refractivity contribution in [1.82, 2.24) is 15.0 Å². The SMILES string of the molecule is COCC1COc2c(-c3nc4ccccc4[nH]3)cccc2N1c1ccc(C)cn1. The Balaban J connectivity index is 1.64. The van der Waals surface area contributed by atoms with Crippen molar-refractivity contribution >= 4 is 22.5 Å². The molecule has 6 nitrogen and oxygen atoms in total. The molecule has 0 saturated heterocycles. The van der Waals surface area contributed by atoms with Crippen LogP contribution in [-0.2, 0) is 4.74 Å². The van der Waals surface area contributed by atoms with Gasteiger partial charge in [0.25, 0.3) is 0 Å². The molecule has 0 fully saturated rings. The van der Waals surface area contributed by atoms with Gasteiger partial charge in [0.15, 0.2) is 5.75 Å². The minimum atomic E-state index is 0.0358. The summed E-state index contributed by atoms with van der Waals surface area (Å²) in [5.74, 6) is 2.48. The number of aromatic amines is 1. The predicted octanol–water partition coefficient (Wildman–Crippen LogP) is 4.48. The second-order valence-electron chi connectivity index (χ2n) is 7.24. The van der Waals surface area contributed by atoms with Crippen LogP contribution in [0.5, 0.6) is 5.75 Å². The summed E-state index contributed by atoms with van der Waals surface area (Å²) in [7, 11) is 1.71. The maximum Gasteiger partial charge on any atom is 0.154 e. The molecule has 0 radical (unpaired) electrons. The molecule has 146 valence electrons. The summed E-state index contributed by atoms with van der Waals surface area (Å²) in [6.45, 7) is 3.09. The molecular formula is C23H22N4O2. The molecule has 2 aromatic heterocycles. The van der Waals surface area contributed by atoms with Crippen LogP contribution in [0.3, 0.4) is 0 Å². The number of H-pyrrole nitrogens is 1. The number of hydrogen-bond acceptors (Lipinski definition) is 5. The highest BCUT2D eigenvalue weighted by Gasteiger charge is 2.32. The number of benzene rings is 2. The number of nitrogens with zero attached hydrogens (tertiary/aromatic N) is 3. The topological polar surface area (TPSA) is 63.3 Å². The fourth-order valence-electron chi connectivity index (χ4n) is 3.81. The van der Waals surface area contributed by atoms with Gasteiger partial charge in [-0.25, -0.2) is 9.97 Å². The van der Waals surface area contributed by atoms with Crippen LogP contribution in [0.1, 0.15) is 5.56 Å². The number of aromatic nitrogens is 3. The number of nitrogens with one attached hydrogen (secondary N) is 1. The normalized spacial score (nSPS) is 15.9. The molecule has 5 rings (SSSR count). The quantitative estimate of drug-likeness (QED) is 0.560. The molecule has 1 unspecified atom stereocenters. The lowest BCUT2D eigenvalue weighted by Crippen LogP contribution is -2.43. The number of ether oxygens (including phenoxy) is 2. The first-order chi connectivity index (χ1) is 14.2. The van der Waals surface area contributed by atoms with Gasteiger partial charge in [-0.3, -0.25) is 0 Å². The highest BCUT2D eigenvalue weighted by Crippen LogP contribution is 2.44. The van der Waals surface area contributed by atoms with Gasteiger partial charge in [0.05, 0.1) is 34.9 Å². The van der Waals surface area contributed by atoms with Crippen molar-refractivity contribution in [3.63, 3.8) is 0 Å². The zero-order valence-electron chi connectivity index (χ0n) is 16.4. The van der Waals surface area contributed by atoms with Crippen molar-refractivity contribution < 1.29 is 9.47 Å². The summed E-state index contributed by atoms with van der Waals surface area (Å²) in [6, 6.07) is 18.3. The number of imidazole rings is 1. The van der Waals surface area contributed by atoms with E-state index in [1.165, 1.54) is 0 Å². The van der Waals surface area contributed by atoms with Crippen molar-refractivity contribution in [3.05, 3.63) is 66.4 Å². The lowest BCUT2D eigenvalue weighted by atomic mass is 10.1. The first-order valence-electron chi connectivity index (χ1n) is 9.66. The summed E-state index contributed by atoms with van der Waals surface area (Å²) in [4.78, 5) is 15.0. The fourth-order valence-corrected chi connectivity index (χ4v) is 3.81. The Morgan fingerprint density at radius 2 is 2.03 bits per heavy atom. The second kappa shape index (κ2) is 7.22. The van der Waals surface area contributed by atoms with E-state index in [9.17, 15) is 0 Å². The van der Waals surface area contributed by atoms with Gasteiger partial charge in [-0.15, -0.1) is 0 Å². The number of aryl methyl sites for hydroxylation is 1. The number of pyridine rings is 1. The molecule has 0 bridgehead atoms. The first-order valence-corrected chi connectivity index (χ1v) is 9.66. The molecular weight excluding hydrogens is 364 g/mol. The lowest BCUT2D eigenvalue weighted by Gasteiger charge is -2.38. The Morgan fingerprint density at radius 3 is 2.83 bits per heavy atom. The fraction of sp³-hybridized carbons (Fsp3) is 0.217. The maximum absolute atomic E-state index is 6.24. The van der Waals surface area contributed by atoms with Gasteiger partial charge in [0.1, 0.15) is 18.2 Å². The number of anilines is 2. The number of para-hydroxylation sites is 3. The molecule has 29 heavy (non-hydrogen) atoms. The van der Waals surface area contributed by atoms with E-state index in [4.69, 9.17) is 14.5 Å². The van der Waals surface area contributed by atoms with Gasteiger partial charge in [-0.05, 0) is 42.8 Å². The van der Waals surface area contributed by atoms with Crippen LogP contribution in [0.4, 0.5) is 11.5 Å². The summed E-state index contributed by atoms with van der Waals surface area (Å²) < 4.78 is 11.7. The molecule has 0 amide bonds. The minimum Gasteiger partial charge on any atom is -0.488 e. The highest BCUT2D eigenvalue weighted by atomic mass is 16.5. The first kappa shape index (κ1) is 17.7. The molecule has 2 aromatic carbocycles. The summed E-state index contributed by atoms with van der Waals surface area (Å²) in [6.07, 6.45) is 1.89. The molecule has 6 heteroatoms. The van der Waals surface area contributed by atoms with E-state index in [2.05, 4.69) is 27.0 Å². The van der Waals surface area contributed by atoms with Crippen LogP contribution in [0.15, 0.2) is 60.8 Å². The molecule has 0 saturated carbocycles. The monoisotopic (exact) mass is 386 g/mol. The summed E-state index contributed by atoms with van der Waals surface area (Å²) >= 11 is 0. The zero-order chi connectivity index (χ0) is 19.8. The second-order valence-corrected chi connectivity index (χ2v) is 7.24. The lowest BCUT2D eigenvalue weighted by molar-refractivity contribution is 0.146. The smallest absolute Gasteiger partial charge is 0.154 e. The highest BCUT2D eigenvalue weighted by molar-refractivity contribution is 5.84. The van der Waals surface area contributed by atoms with Crippen LogP contribution in [0.25, 0.3) is 22.4 Å². The van der Waals surface area contributed by atoms with Gasteiger partial charge >= 0.3 is 0 Å². The molecule has 3 heterocycles. The number of methoxy groups -OCH3 is 1. The Labute approximate surface area is 169 Å². The van der Waals surface area contributed by atoms with Gasteiger partial charge in [-0.1, -0.05) is 24.3 Å². The van der Waals surface area contributed by atoms with Gasteiger partial charge in [0.2, 0.25) is 0 Å². The zero-order valence-corrected chi connectivity index (χ0v) is 16.4. The average Bonchev–Trinajstić information content (AvgIpc) is 3.18. The Morgan fingerprint density at radius 1 is 1.14 bits per heavy atom. The Kier molecular flexibility index (Phi) is 4.41. The summed E-state index contributed by atoms with van der Waals surface area (Å²) in [5, 5.41) is 0. The van der Waals surface area contributed by atoms with Crippen molar-refractivity contribution in [2.24, 2.45) is 0 Å². The minimum absolute atomic E-state index is 0.0358. The third kappa shape index (κ3) is 3.11. The average molecular weight is 386 g/mol. The number of rotatable bonds is 4. The number of hydrogen-bond donors (Lipinski definition) is 1. The third-order valence-corrected chi connectivity index (χ3v) is 5.19.